The Balaban J connectivity index is 1.85. The maximum Gasteiger partial charge on any atom is 0.343 e. The Morgan fingerprint density at radius 1 is 1.24 bits per heavy atom. The second kappa shape index (κ2) is 9.85. The maximum absolute atomic E-state index is 12.9. The van der Waals surface area contributed by atoms with E-state index in [9.17, 15) is 9.59 Å². The van der Waals surface area contributed by atoms with Crippen molar-refractivity contribution in [3.8, 4) is 28.1 Å². The smallest absolute Gasteiger partial charge is 0.343 e. The summed E-state index contributed by atoms with van der Waals surface area (Å²) in [5.74, 6) is 0.357. The molecular weight excluding hydrogens is 434 g/mol. The normalized spacial score (nSPS) is 14.6. The van der Waals surface area contributed by atoms with Gasteiger partial charge in [0, 0.05) is 54.3 Å². The zero-order valence-electron chi connectivity index (χ0n) is 20.1. The highest BCUT2D eigenvalue weighted by Gasteiger charge is 2.29. The number of ether oxygens (including phenoxy) is 2. The van der Waals surface area contributed by atoms with Crippen molar-refractivity contribution < 1.29 is 19.4 Å². The van der Waals surface area contributed by atoms with Gasteiger partial charge in [-0.3, -0.25) is 9.48 Å². The van der Waals surface area contributed by atoms with Gasteiger partial charge < -0.3 is 19.1 Å². The molecule has 4 rings (SSSR count). The van der Waals surface area contributed by atoms with Crippen LogP contribution >= 0.6 is 0 Å². The topological polar surface area (TPSA) is 95.6 Å². The van der Waals surface area contributed by atoms with Gasteiger partial charge >= 0.3 is 5.97 Å². The molecule has 0 saturated heterocycles. The Morgan fingerprint density at radius 2 is 2.03 bits per heavy atom. The van der Waals surface area contributed by atoms with Gasteiger partial charge in [-0.25, -0.2) is 4.79 Å². The van der Waals surface area contributed by atoms with E-state index in [1.807, 2.05) is 21.5 Å². The van der Waals surface area contributed by atoms with Gasteiger partial charge in [-0.2, -0.15) is 5.10 Å². The lowest BCUT2D eigenvalue weighted by Crippen LogP contribution is -2.28. The van der Waals surface area contributed by atoms with Crippen molar-refractivity contribution in [1.82, 2.24) is 14.3 Å². The van der Waals surface area contributed by atoms with Gasteiger partial charge in [-0.1, -0.05) is 13.8 Å². The number of methoxy groups -OCH3 is 1. The lowest BCUT2D eigenvalue weighted by Gasteiger charge is -2.34. The first kappa shape index (κ1) is 23.8. The molecule has 0 spiro atoms. The van der Waals surface area contributed by atoms with Crippen LogP contribution in [0.3, 0.4) is 0 Å². The summed E-state index contributed by atoms with van der Waals surface area (Å²) in [4.78, 5) is 25.2. The van der Waals surface area contributed by atoms with E-state index < -0.39 is 5.97 Å². The van der Waals surface area contributed by atoms with Gasteiger partial charge in [-0.05, 0) is 43.4 Å². The van der Waals surface area contributed by atoms with Crippen molar-refractivity contribution in [3.63, 3.8) is 0 Å². The molecule has 0 saturated carbocycles. The SMILES string of the molecule is CCOC(=O)c1cn2c(cc1=O)-c1cc(OC)c(-c3cnn(CCCO)c3)cc1CC2C(C)C. The van der Waals surface area contributed by atoms with Crippen LogP contribution in [0.5, 0.6) is 5.75 Å². The number of fused-ring (bicyclic) bond motifs is 3. The molecule has 0 aliphatic carbocycles. The Morgan fingerprint density at radius 3 is 2.71 bits per heavy atom. The van der Waals surface area contributed by atoms with Crippen molar-refractivity contribution in [1.29, 1.82) is 0 Å². The fraction of sp³-hybridized carbons (Fsp3) is 0.423. The quantitative estimate of drug-likeness (QED) is 0.510. The Bertz CT molecular complexity index is 1260. The minimum Gasteiger partial charge on any atom is -0.496 e. The van der Waals surface area contributed by atoms with Crippen molar-refractivity contribution in [3.05, 3.63) is 58.1 Å². The zero-order chi connectivity index (χ0) is 24.4. The first-order valence-corrected chi connectivity index (χ1v) is 11.7. The van der Waals surface area contributed by atoms with Crippen molar-refractivity contribution in [2.24, 2.45) is 5.92 Å². The maximum atomic E-state index is 12.9. The number of hydrogen-bond donors (Lipinski definition) is 1. The molecule has 1 aromatic carbocycles. The molecule has 0 fully saturated rings. The average Bonchev–Trinajstić information content (AvgIpc) is 3.29. The van der Waals surface area contributed by atoms with Crippen LogP contribution in [-0.4, -0.2) is 45.7 Å². The van der Waals surface area contributed by atoms with E-state index in [0.717, 1.165) is 34.4 Å². The fourth-order valence-corrected chi connectivity index (χ4v) is 4.57. The number of aliphatic hydroxyl groups excluding tert-OH is 1. The molecule has 1 N–H and O–H groups in total. The first-order valence-electron chi connectivity index (χ1n) is 11.7. The highest BCUT2D eigenvalue weighted by Crippen LogP contribution is 2.43. The number of esters is 1. The van der Waals surface area contributed by atoms with Gasteiger partial charge in [0.15, 0.2) is 5.43 Å². The molecule has 34 heavy (non-hydrogen) atoms. The van der Waals surface area contributed by atoms with Crippen LogP contribution in [0, 0.1) is 5.92 Å². The van der Waals surface area contributed by atoms with Crippen LogP contribution in [0.25, 0.3) is 22.4 Å². The van der Waals surface area contributed by atoms with Crippen molar-refractivity contribution >= 4 is 5.97 Å². The number of aryl methyl sites for hydroxylation is 1. The van der Waals surface area contributed by atoms with E-state index >= 15 is 0 Å². The molecule has 3 aromatic rings. The molecule has 1 aliphatic heterocycles. The summed E-state index contributed by atoms with van der Waals surface area (Å²) in [6, 6.07) is 5.68. The van der Waals surface area contributed by atoms with E-state index in [1.165, 1.54) is 6.07 Å². The molecule has 0 radical (unpaired) electrons. The monoisotopic (exact) mass is 465 g/mol. The third-order valence-corrected chi connectivity index (χ3v) is 6.32. The first-order chi connectivity index (χ1) is 16.4. The molecule has 2 aromatic heterocycles. The Labute approximate surface area is 198 Å². The standard InChI is InChI=1S/C26H31N3O5/c1-5-34-26(32)21-15-29-22(16(2)3)10-17-9-20(18-13-27-28(14-18)7-6-8-30)25(33-4)11-19(17)23(29)12-24(21)31/h9,11-16,22,30H,5-8,10H2,1-4H3. The summed E-state index contributed by atoms with van der Waals surface area (Å²) in [5, 5.41) is 13.5. The van der Waals surface area contributed by atoms with E-state index in [4.69, 9.17) is 14.6 Å². The number of carbonyl (C=O) groups excluding carboxylic acids is 1. The third kappa shape index (κ3) is 4.37. The van der Waals surface area contributed by atoms with E-state index in [1.54, 1.807) is 26.4 Å². The van der Waals surface area contributed by atoms with Crippen LogP contribution in [0.2, 0.25) is 0 Å². The van der Waals surface area contributed by atoms with Crippen molar-refractivity contribution in [2.45, 2.75) is 46.2 Å². The minimum absolute atomic E-state index is 0.0542. The number of hydrogen-bond acceptors (Lipinski definition) is 6. The average molecular weight is 466 g/mol. The summed E-state index contributed by atoms with van der Waals surface area (Å²) in [5.41, 5.74) is 4.35. The number of aromatic nitrogens is 3. The second-order valence-corrected chi connectivity index (χ2v) is 8.86. The molecule has 8 nitrogen and oxygen atoms in total. The lowest BCUT2D eigenvalue weighted by molar-refractivity contribution is 0.0523. The van der Waals surface area contributed by atoms with Gasteiger partial charge in [0.2, 0.25) is 0 Å². The highest BCUT2D eigenvalue weighted by molar-refractivity contribution is 5.89. The fourth-order valence-electron chi connectivity index (χ4n) is 4.57. The predicted molar refractivity (Wildman–Crippen MR) is 129 cm³/mol. The largest absolute Gasteiger partial charge is 0.496 e. The third-order valence-electron chi connectivity index (χ3n) is 6.32. The number of carbonyl (C=O) groups is 1. The van der Waals surface area contributed by atoms with Crippen LogP contribution in [0.15, 0.2) is 41.6 Å². The van der Waals surface area contributed by atoms with Gasteiger partial charge in [0.05, 0.1) is 25.6 Å². The van der Waals surface area contributed by atoms with Crippen molar-refractivity contribution in [2.75, 3.05) is 20.3 Å². The summed E-state index contributed by atoms with van der Waals surface area (Å²) in [6.07, 6.45) is 6.79. The number of pyridine rings is 1. The second-order valence-electron chi connectivity index (χ2n) is 8.86. The number of nitrogens with zero attached hydrogens (tertiary/aromatic N) is 3. The summed E-state index contributed by atoms with van der Waals surface area (Å²) >= 11 is 0. The predicted octanol–water partition coefficient (Wildman–Crippen LogP) is 3.70. The van der Waals surface area contributed by atoms with Gasteiger partial charge in [-0.15, -0.1) is 0 Å². The summed E-state index contributed by atoms with van der Waals surface area (Å²) in [6.45, 7) is 6.96. The molecule has 180 valence electrons. The molecule has 1 unspecified atom stereocenters. The molecular formula is C26H31N3O5. The van der Waals surface area contributed by atoms with Crippen LogP contribution < -0.4 is 10.2 Å². The van der Waals surface area contributed by atoms with E-state index in [0.29, 0.717) is 18.7 Å². The van der Waals surface area contributed by atoms with E-state index in [2.05, 4.69) is 25.0 Å². The number of rotatable bonds is 8. The molecule has 8 heteroatoms. The molecule has 1 atom stereocenters. The zero-order valence-corrected chi connectivity index (χ0v) is 20.1. The number of benzene rings is 1. The van der Waals surface area contributed by atoms with Gasteiger partial charge in [0.1, 0.15) is 11.3 Å². The molecule has 0 amide bonds. The van der Waals surface area contributed by atoms with Gasteiger partial charge in [0.25, 0.3) is 0 Å². The van der Waals surface area contributed by atoms with Crippen LogP contribution in [0.4, 0.5) is 0 Å². The summed E-state index contributed by atoms with van der Waals surface area (Å²) in [7, 11) is 1.62. The minimum atomic E-state index is -0.595. The highest BCUT2D eigenvalue weighted by atomic mass is 16.5. The Kier molecular flexibility index (Phi) is 6.88. The lowest BCUT2D eigenvalue weighted by atomic mass is 9.85. The van der Waals surface area contributed by atoms with Crippen LogP contribution in [-0.2, 0) is 17.7 Å². The summed E-state index contributed by atoms with van der Waals surface area (Å²) < 4.78 is 14.7. The van der Waals surface area contributed by atoms with E-state index in [-0.39, 0.29) is 36.2 Å². The Hall–Kier alpha value is -3.39. The van der Waals surface area contributed by atoms with Crippen LogP contribution in [0.1, 0.15) is 49.2 Å². The number of aliphatic hydroxyl groups is 1. The molecule has 0 bridgehead atoms. The molecule has 3 heterocycles. The molecule has 1 aliphatic rings.